The monoisotopic (exact) mass is 467 g/mol. The Hall–Kier alpha value is -4.36. The maximum atomic E-state index is 12.3. The molecule has 7 heteroatoms. The molecule has 0 aliphatic carbocycles. The highest BCUT2D eigenvalue weighted by Gasteiger charge is 2.21. The molecule has 3 aromatic rings. The number of benzene rings is 3. The molecule has 1 saturated heterocycles. The van der Waals surface area contributed by atoms with Gasteiger partial charge in [-0.15, -0.1) is 0 Å². The summed E-state index contributed by atoms with van der Waals surface area (Å²) in [5.74, 6) is 0.342. The average Bonchev–Trinajstić information content (AvgIpc) is 2.90. The van der Waals surface area contributed by atoms with Crippen molar-refractivity contribution in [1.29, 1.82) is 0 Å². The fraction of sp³-hybridized carbons (Fsp3) is 0.143. The minimum absolute atomic E-state index is 0.207. The molecule has 2 N–H and O–H groups in total. The third-order valence-corrected chi connectivity index (χ3v) is 5.75. The molecule has 5 rings (SSSR count). The summed E-state index contributed by atoms with van der Waals surface area (Å²) < 4.78 is 11.1. The molecule has 2 heterocycles. The molecule has 3 aromatic carbocycles. The summed E-state index contributed by atoms with van der Waals surface area (Å²) >= 11 is 0. The van der Waals surface area contributed by atoms with Crippen molar-refractivity contribution in [2.45, 2.75) is 0 Å². The van der Waals surface area contributed by atoms with Crippen LogP contribution in [0.2, 0.25) is 0 Å². The number of ether oxygens (including phenoxy) is 2. The lowest BCUT2D eigenvalue weighted by Gasteiger charge is -2.28. The van der Waals surface area contributed by atoms with Gasteiger partial charge >= 0.3 is 0 Å². The zero-order valence-corrected chi connectivity index (χ0v) is 19.1. The fourth-order valence-electron chi connectivity index (χ4n) is 3.89. The second-order valence-corrected chi connectivity index (χ2v) is 8.20. The fourth-order valence-corrected chi connectivity index (χ4v) is 3.89. The topological polar surface area (TPSA) is 79.9 Å². The predicted octanol–water partition coefficient (Wildman–Crippen LogP) is 4.55. The number of hydrogen-bond donors (Lipinski definition) is 2. The number of para-hydroxylation sites is 2. The highest BCUT2D eigenvalue weighted by molar-refractivity contribution is 6.08. The number of fused-ring (bicyclic) bond motifs is 1. The van der Waals surface area contributed by atoms with Gasteiger partial charge in [-0.3, -0.25) is 9.59 Å². The first-order chi connectivity index (χ1) is 17.1. The molecule has 0 spiro atoms. The number of carbonyl (C=O) groups is 2. The lowest BCUT2D eigenvalue weighted by molar-refractivity contribution is -0.115. The van der Waals surface area contributed by atoms with E-state index in [0.29, 0.717) is 11.4 Å². The first-order valence-corrected chi connectivity index (χ1v) is 11.5. The van der Waals surface area contributed by atoms with Gasteiger partial charge in [0.2, 0.25) is 5.91 Å². The van der Waals surface area contributed by atoms with Crippen LogP contribution in [0.15, 0.2) is 84.6 Å². The summed E-state index contributed by atoms with van der Waals surface area (Å²) in [5, 5.41) is 5.70. The smallest absolute Gasteiger partial charge is 0.291 e. The molecule has 2 amide bonds. The second-order valence-electron chi connectivity index (χ2n) is 8.20. The number of anilines is 3. The minimum Gasteiger partial charge on any atom is -0.449 e. The quantitative estimate of drug-likeness (QED) is 0.539. The maximum absolute atomic E-state index is 12.3. The van der Waals surface area contributed by atoms with Crippen molar-refractivity contribution in [2.24, 2.45) is 0 Å². The SMILES string of the molecule is O=C(/C=C/c1ccc(/C=C2\Oc3ccccc3NC2=O)cc1)Nc1ccc(N2CCOCC2)cc1. The van der Waals surface area contributed by atoms with Crippen molar-refractivity contribution >= 4 is 41.0 Å². The lowest BCUT2D eigenvalue weighted by Crippen LogP contribution is -2.36. The van der Waals surface area contributed by atoms with Gasteiger partial charge in [0.05, 0.1) is 18.9 Å². The van der Waals surface area contributed by atoms with Gasteiger partial charge < -0.3 is 25.0 Å². The maximum Gasteiger partial charge on any atom is 0.291 e. The Labute approximate surface area is 203 Å². The number of amides is 2. The largest absolute Gasteiger partial charge is 0.449 e. The Balaban J connectivity index is 1.17. The van der Waals surface area contributed by atoms with E-state index >= 15 is 0 Å². The number of hydrogen-bond acceptors (Lipinski definition) is 5. The van der Waals surface area contributed by atoms with Crippen molar-refractivity contribution in [3.05, 3.63) is 95.8 Å². The summed E-state index contributed by atoms with van der Waals surface area (Å²) in [6, 6.07) is 22.6. The van der Waals surface area contributed by atoms with Gasteiger partial charge in [0.1, 0.15) is 0 Å². The zero-order chi connectivity index (χ0) is 24.0. The Bertz CT molecular complexity index is 1270. The number of nitrogens with zero attached hydrogens (tertiary/aromatic N) is 1. The van der Waals surface area contributed by atoms with E-state index in [0.717, 1.165) is 48.8 Å². The summed E-state index contributed by atoms with van der Waals surface area (Å²) in [6.07, 6.45) is 4.93. The Kier molecular flexibility index (Phi) is 6.59. The van der Waals surface area contributed by atoms with Crippen LogP contribution in [0.25, 0.3) is 12.2 Å². The molecule has 0 bridgehead atoms. The third-order valence-electron chi connectivity index (χ3n) is 5.75. The summed E-state index contributed by atoms with van der Waals surface area (Å²) in [6.45, 7) is 3.22. The van der Waals surface area contributed by atoms with Crippen molar-refractivity contribution in [3.63, 3.8) is 0 Å². The molecule has 0 aromatic heterocycles. The van der Waals surface area contributed by atoms with Gasteiger partial charge in [-0.1, -0.05) is 36.4 Å². The molecule has 176 valence electrons. The van der Waals surface area contributed by atoms with Gasteiger partial charge in [-0.25, -0.2) is 0 Å². The van der Waals surface area contributed by atoms with E-state index in [4.69, 9.17) is 9.47 Å². The molecule has 0 saturated carbocycles. The highest BCUT2D eigenvalue weighted by atomic mass is 16.5. The molecule has 0 unspecified atom stereocenters. The van der Waals surface area contributed by atoms with Gasteiger partial charge in [-0.2, -0.15) is 0 Å². The normalized spacial score (nSPS) is 16.5. The Morgan fingerprint density at radius 3 is 2.40 bits per heavy atom. The van der Waals surface area contributed by atoms with E-state index in [1.807, 2.05) is 60.7 Å². The van der Waals surface area contributed by atoms with E-state index in [1.165, 1.54) is 6.08 Å². The van der Waals surface area contributed by atoms with E-state index < -0.39 is 0 Å². The van der Waals surface area contributed by atoms with Crippen molar-refractivity contribution in [1.82, 2.24) is 0 Å². The van der Waals surface area contributed by atoms with Crippen molar-refractivity contribution < 1.29 is 19.1 Å². The summed E-state index contributed by atoms with van der Waals surface area (Å²) in [4.78, 5) is 26.9. The van der Waals surface area contributed by atoms with Crippen molar-refractivity contribution in [3.8, 4) is 5.75 Å². The molecular formula is C28H25N3O4. The predicted molar refractivity (Wildman–Crippen MR) is 137 cm³/mol. The first kappa shape index (κ1) is 22.4. The van der Waals surface area contributed by atoms with E-state index in [9.17, 15) is 9.59 Å². The zero-order valence-electron chi connectivity index (χ0n) is 19.1. The number of rotatable bonds is 5. The minimum atomic E-state index is -0.290. The standard InChI is InChI=1S/C28H25N3O4/c32-27(29-22-10-12-23(13-11-22)31-15-17-34-18-16-31)14-9-20-5-7-21(8-6-20)19-26-28(33)30-24-3-1-2-4-25(24)35-26/h1-14,19H,15-18H2,(H,29,32)(H,30,33)/b14-9+,26-19-. The van der Waals surface area contributed by atoms with Crippen molar-refractivity contribution in [2.75, 3.05) is 41.8 Å². The van der Waals surface area contributed by atoms with Crippen LogP contribution < -0.4 is 20.3 Å². The van der Waals surface area contributed by atoms with Crippen LogP contribution >= 0.6 is 0 Å². The van der Waals surface area contributed by atoms with Gasteiger partial charge in [0.15, 0.2) is 11.5 Å². The molecule has 2 aliphatic heterocycles. The van der Waals surface area contributed by atoms with E-state index in [-0.39, 0.29) is 17.6 Å². The molecule has 1 fully saturated rings. The van der Waals surface area contributed by atoms with Gasteiger partial charge in [0, 0.05) is 30.5 Å². The third kappa shape index (κ3) is 5.59. The van der Waals surface area contributed by atoms with Crippen LogP contribution in [0.5, 0.6) is 5.75 Å². The van der Waals surface area contributed by atoms with Gasteiger partial charge in [-0.05, 0) is 59.7 Å². The lowest BCUT2D eigenvalue weighted by atomic mass is 10.1. The Morgan fingerprint density at radius 2 is 1.63 bits per heavy atom. The van der Waals surface area contributed by atoms with Crippen LogP contribution in [0.3, 0.4) is 0 Å². The number of morpholine rings is 1. The van der Waals surface area contributed by atoms with E-state index in [2.05, 4.69) is 15.5 Å². The van der Waals surface area contributed by atoms with Gasteiger partial charge in [0.25, 0.3) is 5.91 Å². The Morgan fingerprint density at radius 1 is 0.914 bits per heavy atom. The van der Waals surface area contributed by atoms with Crippen LogP contribution in [0.1, 0.15) is 11.1 Å². The van der Waals surface area contributed by atoms with Crippen LogP contribution in [0.4, 0.5) is 17.1 Å². The van der Waals surface area contributed by atoms with E-state index in [1.54, 1.807) is 24.3 Å². The molecule has 0 atom stereocenters. The number of nitrogens with one attached hydrogen (secondary N) is 2. The van der Waals surface area contributed by atoms with Crippen LogP contribution in [-0.2, 0) is 14.3 Å². The number of carbonyl (C=O) groups excluding carboxylic acids is 2. The molecule has 7 nitrogen and oxygen atoms in total. The second kappa shape index (κ2) is 10.3. The summed E-state index contributed by atoms with van der Waals surface area (Å²) in [7, 11) is 0. The first-order valence-electron chi connectivity index (χ1n) is 11.5. The van der Waals surface area contributed by atoms with Crippen LogP contribution in [-0.4, -0.2) is 38.1 Å². The van der Waals surface area contributed by atoms with Crippen LogP contribution in [0, 0.1) is 0 Å². The molecule has 35 heavy (non-hydrogen) atoms. The molecule has 0 radical (unpaired) electrons. The molecular weight excluding hydrogens is 442 g/mol. The average molecular weight is 468 g/mol. The highest BCUT2D eigenvalue weighted by Crippen LogP contribution is 2.30. The summed E-state index contributed by atoms with van der Waals surface area (Å²) in [5.41, 5.74) is 4.20. The molecule has 2 aliphatic rings.